The Balaban J connectivity index is 2.00. The van der Waals surface area contributed by atoms with E-state index in [2.05, 4.69) is 10.3 Å². The van der Waals surface area contributed by atoms with E-state index < -0.39 is 0 Å². The molecule has 1 fully saturated rings. The molecule has 2 aliphatic rings. The molecule has 1 saturated carbocycles. The molecule has 1 spiro atoms. The number of hydrogen-bond acceptors (Lipinski definition) is 2. The van der Waals surface area contributed by atoms with Crippen molar-refractivity contribution < 1.29 is 4.79 Å². The quantitative estimate of drug-likeness (QED) is 0.845. The lowest BCUT2D eigenvalue weighted by atomic mass is 10.1. The van der Waals surface area contributed by atoms with E-state index in [1.165, 1.54) is 0 Å². The van der Waals surface area contributed by atoms with Crippen LogP contribution in [0.3, 0.4) is 0 Å². The van der Waals surface area contributed by atoms with Crippen LogP contribution in [-0.4, -0.2) is 17.3 Å². The summed E-state index contributed by atoms with van der Waals surface area (Å²) in [5.41, 5.74) is 0.833. The van der Waals surface area contributed by atoms with Gasteiger partial charge in [0.05, 0.1) is 10.0 Å². The maximum atomic E-state index is 12.0. The molecule has 1 amide bonds. The van der Waals surface area contributed by atoms with E-state index in [0.717, 1.165) is 31.2 Å². The number of amides is 1. The van der Waals surface area contributed by atoms with E-state index in [9.17, 15) is 4.79 Å². The Morgan fingerprint density at radius 3 is 2.56 bits per heavy atom. The highest BCUT2D eigenvalue weighted by atomic mass is 35.5. The van der Waals surface area contributed by atoms with Crippen LogP contribution in [0.5, 0.6) is 0 Å². The minimum atomic E-state index is -0.363. The first-order chi connectivity index (χ1) is 8.60. The summed E-state index contributed by atoms with van der Waals surface area (Å²) >= 11 is 11.8. The number of nitrogens with one attached hydrogen (secondary N) is 1. The van der Waals surface area contributed by atoms with Crippen molar-refractivity contribution in [2.45, 2.75) is 31.3 Å². The molecule has 0 radical (unpaired) electrons. The summed E-state index contributed by atoms with van der Waals surface area (Å²) in [7, 11) is 0. The average Bonchev–Trinajstić information content (AvgIpc) is 2.91. The Kier molecular flexibility index (Phi) is 2.83. The number of carbonyl (C=O) groups is 1. The summed E-state index contributed by atoms with van der Waals surface area (Å²) in [6, 6.07) is 5.16. The Bertz CT molecular complexity index is 548. The third kappa shape index (κ3) is 1.91. The van der Waals surface area contributed by atoms with Gasteiger partial charge >= 0.3 is 0 Å². The first kappa shape index (κ1) is 12.0. The summed E-state index contributed by atoms with van der Waals surface area (Å²) < 4.78 is 0. The topological polar surface area (TPSA) is 41.5 Å². The number of carbonyl (C=O) groups excluding carboxylic acids is 1. The lowest BCUT2D eigenvalue weighted by Crippen LogP contribution is -2.39. The second kappa shape index (κ2) is 4.25. The van der Waals surface area contributed by atoms with Crippen molar-refractivity contribution in [1.29, 1.82) is 0 Å². The van der Waals surface area contributed by atoms with Crippen LogP contribution in [0.25, 0.3) is 0 Å². The molecule has 1 aromatic carbocycles. The van der Waals surface area contributed by atoms with Gasteiger partial charge < -0.3 is 5.32 Å². The van der Waals surface area contributed by atoms with Crippen molar-refractivity contribution in [3.8, 4) is 0 Å². The normalized spacial score (nSPS) is 21.2. The summed E-state index contributed by atoms with van der Waals surface area (Å²) in [5, 5.41) is 3.92. The minimum Gasteiger partial charge on any atom is -0.326 e. The number of rotatable bonds is 1. The maximum absolute atomic E-state index is 12.0. The molecule has 0 saturated heterocycles. The van der Waals surface area contributed by atoms with Crippen molar-refractivity contribution in [3.63, 3.8) is 0 Å². The summed E-state index contributed by atoms with van der Waals surface area (Å²) in [6.07, 6.45) is 4.06. The van der Waals surface area contributed by atoms with Crippen LogP contribution in [-0.2, 0) is 4.79 Å². The van der Waals surface area contributed by atoms with Gasteiger partial charge in [0.1, 0.15) is 11.4 Å². The number of aliphatic imine (C=N–C) groups is 1. The lowest BCUT2D eigenvalue weighted by molar-refractivity contribution is -0.115. The third-order valence-electron chi connectivity index (χ3n) is 3.51. The molecule has 5 heteroatoms. The summed E-state index contributed by atoms with van der Waals surface area (Å²) in [4.78, 5) is 16.6. The number of benzene rings is 1. The van der Waals surface area contributed by atoms with Gasteiger partial charge in [-0.25, -0.2) is 0 Å². The van der Waals surface area contributed by atoms with Crippen molar-refractivity contribution in [1.82, 2.24) is 5.32 Å². The molecule has 1 N–H and O–H groups in total. The zero-order valence-corrected chi connectivity index (χ0v) is 11.2. The monoisotopic (exact) mass is 282 g/mol. The maximum Gasteiger partial charge on any atom is 0.272 e. The van der Waals surface area contributed by atoms with Gasteiger partial charge in [-0.05, 0) is 37.8 Å². The van der Waals surface area contributed by atoms with Crippen LogP contribution in [0.4, 0.5) is 0 Å². The second-order valence-corrected chi connectivity index (χ2v) is 5.60. The van der Waals surface area contributed by atoms with Gasteiger partial charge in [0.2, 0.25) is 0 Å². The standard InChI is InChI=1S/C13H12Cl2N2O/c14-9-4-3-8(7-10(9)15)11-12(18)17-13(16-11)5-1-2-6-13/h3-4,7H,1-2,5-6H2,(H,17,18). The molecular weight excluding hydrogens is 271 g/mol. The molecule has 0 atom stereocenters. The average molecular weight is 283 g/mol. The van der Waals surface area contributed by atoms with Gasteiger partial charge in [0.15, 0.2) is 0 Å². The molecule has 18 heavy (non-hydrogen) atoms. The van der Waals surface area contributed by atoms with Crippen molar-refractivity contribution in [2.24, 2.45) is 4.99 Å². The summed E-state index contributed by atoms with van der Waals surface area (Å²) in [5.74, 6) is -0.115. The first-order valence-electron chi connectivity index (χ1n) is 5.97. The van der Waals surface area contributed by atoms with Crippen LogP contribution >= 0.6 is 23.2 Å². The second-order valence-electron chi connectivity index (χ2n) is 4.78. The third-order valence-corrected chi connectivity index (χ3v) is 4.25. The highest BCUT2D eigenvalue weighted by molar-refractivity contribution is 6.48. The van der Waals surface area contributed by atoms with Crippen LogP contribution in [0, 0.1) is 0 Å². The van der Waals surface area contributed by atoms with Gasteiger partial charge in [-0.3, -0.25) is 9.79 Å². The van der Waals surface area contributed by atoms with Gasteiger partial charge in [-0.2, -0.15) is 0 Å². The van der Waals surface area contributed by atoms with E-state index in [4.69, 9.17) is 23.2 Å². The highest BCUT2D eigenvalue weighted by Crippen LogP contribution is 2.35. The van der Waals surface area contributed by atoms with Crippen LogP contribution in [0.1, 0.15) is 31.2 Å². The van der Waals surface area contributed by atoms with Crippen molar-refractivity contribution in [2.75, 3.05) is 0 Å². The number of halogens is 2. The van der Waals surface area contributed by atoms with E-state index in [0.29, 0.717) is 15.8 Å². The molecule has 1 aliphatic heterocycles. The number of nitrogens with zero attached hydrogens (tertiary/aromatic N) is 1. The molecule has 94 valence electrons. The largest absolute Gasteiger partial charge is 0.326 e. The fraction of sp³-hybridized carbons (Fsp3) is 0.385. The molecule has 0 aromatic heterocycles. The zero-order chi connectivity index (χ0) is 12.8. The van der Waals surface area contributed by atoms with Crippen molar-refractivity contribution in [3.05, 3.63) is 33.8 Å². The fourth-order valence-electron chi connectivity index (χ4n) is 2.60. The molecule has 0 bridgehead atoms. The SMILES string of the molecule is O=C1NC2(CCCC2)N=C1c1ccc(Cl)c(Cl)c1. The Hall–Kier alpha value is -1.06. The molecule has 3 nitrogen and oxygen atoms in total. The van der Waals surface area contributed by atoms with Crippen LogP contribution in [0.2, 0.25) is 10.0 Å². The van der Waals surface area contributed by atoms with Crippen LogP contribution in [0.15, 0.2) is 23.2 Å². The predicted octanol–water partition coefficient (Wildman–Crippen LogP) is 3.18. The number of hydrogen-bond donors (Lipinski definition) is 1. The Labute approximate surface area is 115 Å². The first-order valence-corrected chi connectivity index (χ1v) is 6.73. The zero-order valence-electron chi connectivity index (χ0n) is 9.67. The van der Waals surface area contributed by atoms with Crippen LogP contribution < -0.4 is 5.32 Å². The van der Waals surface area contributed by atoms with E-state index in [1.807, 2.05) is 0 Å². The van der Waals surface area contributed by atoms with E-state index >= 15 is 0 Å². The Morgan fingerprint density at radius 1 is 1.17 bits per heavy atom. The molecule has 1 heterocycles. The van der Waals surface area contributed by atoms with Gasteiger partial charge in [-0.1, -0.05) is 29.3 Å². The fourth-order valence-corrected chi connectivity index (χ4v) is 2.90. The predicted molar refractivity (Wildman–Crippen MR) is 72.3 cm³/mol. The molecular formula is C13H12Cl2N2O. The highest BCUT2D eigenvalue weighted by Gasteiger charge is 2.41. The summed E-state index contributed by atoms with van der Waals surface area (Å²) in [6.45, 7) is 0. The smallest absolute Gasteiger partial charge is 0.272 e. The Morgan fingerprint density at radius 2 is 1.89 bits per heavy atom. The van der Waals surface area contributed by atoms with E-state index in [1.54, 1.807) is 18.2 Å². The van der Waals surface area contributed by atoms with Gasteiger partial charge in [0, 0.05) is 5.56 Å². The lowest BCUT2D eigenvalue weighted by Gasteiger charge is -2.18. The van der Waals surface area contributed by atoms with Gasteiger partial charge in [-0.15, -0.1) is 0 Å². The molecule has 1 aromatic rings. The molecule has 1 aliphatic carbocycles. The van der Waals surface area contributed by atoms with Crippen molar-refractivity contribution >= 4 is 34.8 Å². The molecule has 0 unspecified atom stereocenters. The van der Waals surface area contributed by atoms with Gasteiger partial charge in [0.25, 0.3) is 5.91 Å². The minimum absolute atomic E-state index is 0.115. The molecule has 3 rings (SSSR count). The van der Waals surface area contributed by atoms with E-state index in [-0.39, 0.29) is 11.6 Å².